The van der Waals surface area contributed by atoms with Crippen LogP contribution in [0.5, 0.6) is 0 Å². The Labute approximate surface area is 78.2 Å². The van der Waals surface area contributed by atoms with E-state index in [0.29, 0.717) is 5.92 Å². The SMILES string of the molecule is Cc1ccnc(C(C#N)C2CC2)c1. The maximum absolute atomic E-state index is 8.99. The molecule has 1 aliphatic carbocycles. The molecule has 1 fully saturated rings. The van der Waals surface area contributed by atoms with Crippen molar-refractivity contribution in [3.05, 3.63) is 29.6 Å². The number of rotatable bonds is 2. The Morgan fingerprint density at radius 3 is 2.92 bits per heavy atom. The van der Waals surface area contributed by atoms with E-state index >= 15 is 0 Å². The number of aryl methyl sites for hydroxylation is 1. The number of hydrogen-bond acceptors (Lipinski definition) is 2. The number of aromatic nitrogens is 1. The third kappa shape index (κ3) is 1.70. The van der Waals surface area contributed by atoms with Gasteiger partial charge < -0.3 is 0 Å². The molecule has 2 heteroatoms. The van der Waals surface area contributed by atoms with Crippen molar-refractivity contribution in [2.45, 2.75) is 25.7 Å². The standard InChI is InChI=1S/C11H12N2/c1-8-4-5-13-11(6-8)10(7-12)9-2-3-9/h4-6,9-10H,2-3H2,1H3. The van der Waals surface area contributed by atoms with Crippen LogP contribution in [0.2, 0.25) is 0 Å². The molecule has 0 aromatic carbocycles. The fourth-order valence-electron chi connectivity index (χ4n) is 1.57. The molecule has 2 rings (SSSR count). The van der Waals surface area contributed by atoms with Crippen LogP contribution < -0.4 is 0 Å². The Balaban J connectivity index is 2.27. The summed E-state index contributed by atoms with van der Waals surface area (Å²) in [5.41, 5.74) is 2.14. The highest BCUT2D eigenvalue weighted by Gasteiger charge is 2.33. The van der Waals surface area contributed by atoms with Gasteiger partial charge in [-0.3, -0.25) is 4.98 Å². The smallest absolute Gasteiger partial charge is 0.0912 e. The average Bonchev–Trinajstić information content (AvgIpc) is 2.90. The lowest BCUT2D eigenvalue weighted by molar-refractivity contribution is 0.715. The van der Waals surface area contributed by atoms with Crippen LogP contribution in [0.15, 0.2) is 18.3 Å². The Kier molecular flexibility index (Phi) is 2.02. The molecule has 0 bridgehead atoms. The van der Waals surface area contributed by atoms with Crippen LogP contribution in [0.4, 0.5) is 0 Å². The fourth-order valence-corrected chi connectivity index (χ4v) is 1.57. The van der Waals surface area contributed by atoms with Gasteiger partial charge in [-0.15, -0.1) is 0 Å². The van der Waals surface area contributed by atoms with E-state index in [-0.39, 0.29) is 5.92 Å². The zero-order valence-corrected chi connectivity index (χ0v) is 7.70. The van der Waals surface area contributed by atoms with Crippen LogP contribution >= 0.6 is 0 Å². The molecule has 13 heavy (non-hydrogen) atoms. The largest absolute Gasteiger partial charge is 0.260 e. The molecule has 0 spiro atoms. The highest BCUT2D eigenvalue weighted by Crippen LogP contribution is 2.41. The summed E-state index contributed by atoms with van der Waals surface area (Å²) in [7, 11) is 0. The highest BCUT2D eigenvalue weighted by atomic mass is 14.7. The second-order valence-corrected chi connectivity index (χ2v) is 3.70. The number of nitrogens with zero attached hydrogens (tertiary/aromatic N) is 2. The van der Waals surface area contributed by atoms with Gasteiger partial charge in [0, 0.05) is 6.20 Å². The van der Waals surface area contributed by atoms with E-state index in [1.54, 1.807) is 6.20 Å². The van der Waals surface area contributed by atoms with Crippen molar-refractivity contribution >= 4 is 0 Å². The Morgan fingerprint density at radius 2 is 2.38 bits per heavy atom. The molecule has 0 radical (unpaired) electrons. The van der Waals surface area contributed by atoms with E-state index < -0.39 is 0 Å². The minimum absolute atomic E-state index is 0.0277. The van der Waals surface area contributed by atoms with E-state index in [9.17, 15) is 0 Å². The fraction of sp³-hybridized carbons (Fsp3) is 0.455. The molecule has 1 aromatic rings. The van der Waals surface area contributed by atoms with Gasteiger partial charge >= 0.3 is 0 Å². The molecule has 0 saturated heterocycles. The predicted molar refractivity (Wildman–Crippen MR) is 50.1 cm³/mol. The summed E-state index contributed by atoms with van der Waals surface area (Å²) in [6, 6.07) is 6.33. The van der Waals surface area contributed by atoms with Gasteiger partial charge in [-0.05, 0) is 43.4 Å². The van der Waals surface area contributed by atoms with Gasteiger partial charge in [-0.25, -0.2) is 0 Å². The summed E-state index contributed by atoms with van der Waals surface area (Å²) in [6.07, 6.45) is 4.17. The predicted octanol–water partition coefficient (Wildman–Crippen LogP) is 2.41. The van der Waals surface area contributed by atoms with Gasteiger partial charge in [0.2, 0.25) is 0 Å². The Morgan fingerprint density at radius 1 is 1.62 bits per heavy atom. The van der Waals surface area contributed by atoms with Gasteiger partial charge in [0.25, 0.3) is 0 Å². The number of nitriles is 1. The van der Waals surface area contributed by atoms with E-state index in [1.807, 2.05) is 19.1 Å². The third-order valence-corrected chi connectivity index (χ3v) is 2.49. The van der Waals surface area contributed by atoms with Gasteiger partial charge in [-0.2, -0.15) is 5.26 Å². The third-order valence-electron chi connectivity index (χ3n) is 2.49. The molecule has 1 atom stereocenters. The van der Waals surface area contributed by atoms with Gasteiger partial charge in [0.15, 0.2) is 0 Å². The zero-order valence-electron chi connectivity index (χ0n) is 7.70. The number of hydrogen-bond donors (Lipinski definition) is 0. The first-order chi connectivity index (χ1) is 6.31. The van der Waals surface area contributed by atoms with E-state index in [2.05, 4.69) is 11.1 Å². The van der Waals surface area contributed by atoms with E-state index in [0.717, 1.165) is 5.69 Å². The first-order valence-electron chi connectivity index (χ1n) is 4.63. The van der Waals surface area contributed by atoms with Crippen molar-refractivity contribution in [1.29, 1.82) is 5.26 Å². The van der Waals surface area contributed by atoms with Crippen LogP contribution in [-0.4, -0.2) is 4.98 Å². The topological polar surface area (TPSA) is 36.7 Å². The highest BCUT2D eigenvalue weighted by molar-refractivity contribution is 5.24. The molecular formula is C11H12N2. The molecule has 66 valence electrons. The average molecular weight is 172 g/mol. The van der Waals surface area contributed by atoms with Gasteiger partial charge in [0.05, 0.1) is 17.7 Å². The van der Waals surface area contributed by atoms with Crippen molar-refractivity contribution < 1.29 is 0 Å². The summed E-state index contributed by atoms with van der Waals surface area (Å²) in [4.78, 5) is 4.25. The zero-order chi connectivity index (χ0) is 9.26. The Bertz CT molecular complexity index is 347. The van der Waals surface area contributed by atoms with Crippen LogP contribution in [0.25, 0.3) is 0 Å². The van der Waals surface area contributed by atoms with Crippen molar-refractivity contribution in [2.75, 3.05) is 0 Å². The molecule has 0 N–H and O–H groups in total. The maximum atomic E-state index is 8.99. The molecule has 1 aliphatic rings. The number of pyridine rings is 1. The lowest BCUT2D eigenvalue weighted by atomic mass is 10.00. The monoisotopic (exact) mass is 172 g/mol. The Hall–Kier alpha value is -1.36. The summed E-state index contributed by atoms with van der Waals surface area (Å²) in [5.74, 6) is 0.596. The summed E-state index contributed by atoms with van der Waals surface area (Å²) < 4.78 is 0. The minimum atomic E-state index is 0.0277. The van der Waals surface area contributed by atoms with Crippen LogP contribution in [0.1, 0.15) is 30.0 Å². The molecule has 1 saturated carbocycles. The van der Waals surface area contributed by atoms with E-state index in [1.165, 1.54) is 18.4 Å². The molecule has 2 nitrogen and oxygen atoms in total. The van der Waals surface area contributed by atoms with E-state index in [4.69, 9.17) is 5.26 Å². The van der Waals surface area contributed by atoms with Crippen LogP contribution in [0.3, 0.4) is 0 Å². The molecule has 0 aliphatic heterocycles. The molecular weight excluding hydrogens is 160 g/mol. The van der Waals surface area contributed by atoms with Crippen LogP contribution in [0, 0.1) is 24.2 Å². The summed E-state index contributed by atoms with van der Waals surface area (Å²) in [6.45, 7) is 2.03. The molecule has 0 amide bonds. The lowest BCUT2D eigenvalue weighted by Crippen LogP contribution is -2.00. The van der Waals surface area contributed by atoms with Crippen molar-refractivity contribution in [2.24, 2.45) is 5.92 Å². The molecule has 1 unspecified atom stereocenters. The van der Waals surface area contributed by atoms with Crippen molar-refractivity contribution in [1.82, 2.24) is 4.98 Å². The normalized spacial score (nSPS) is 17.8. The lowest BCUT2D eigenvalue weighted by Gasteiger charge is -2.06. The second-order valence-electron chi connectivity index (χ2n) is 3.70. The quantitative estimate of drug-likeness (QED) is 0.686. The molecule has 1 heterocycles. The maximum Gasteiger partial charge on any atom is 0.0912 e. The summed E-state index contributed by atoms with van der Waals surface area (Å²) >= 11 is 0. The summed E-state index contributed by atoms with van der Waals surface area (Å²) in [5, 5.41) is 8.99. The first-order valence-corrected chi connectivity index (χ1v) is 4.63. The van der Waals surface area contributed by atoms with Crippen molar-refractivity contribution in [3.8, 4) is 6.07 Å². The second kappa shape index (κ2) is 3.18. The first kappa shape index (κ1) is 8.25. The minimum Gasteiger partial charge on any atom is -0.260 e. The van der Waals surface area contributed by atoms with Crippen LogP contribution in [-0.2, 0) is 0 Å². The van der Waals surface area contributed by atoms with Gasteiger partial charge in [-0.1, -0.05) is 0 Å². The molecule has 1 aromatic heterocycles. The van der Waals surface area contributed by atoms with Crippen molar-refractivity contribution in [3.63, 3.8) is 0 Å². The van der Waals surface area contributed by atoms with Gasteiger partial charge in [0.1, 0.15) is 0 Å².